The van der Waals surface area contributed by atoms with Gasteiger partial charge in [0.1, 0.15) is 5.75 Å². The van der Waals surface area contributed by atoms with E-state index in [-0.39, 0.29) is 28.8 Å². The highest BCUT2D eigenvalue weighted by Gasteiger charge is 2.26. The minimum atomic E-state index is -3.74. The summed E-state index contributed by atoms with van der Waals surface area (Å²) in [6.07, 6.45) is 0. The van der Waals surface area contributed by atoms with Crippen LogP contribution in [0.1, 0.15) is 24.1 Å². The molecule has 2 N–H and O–H groups in total. The average molecular weight is 574 g/mol. The normalized spacial score (nSPS) is 15.4. The maximum Gasteiger partial charge on any atom is 0.258 e. The summed E-state index contributed by atoms with van der Waals surface area (Å²) in [4.78, 5) is 12.5. The zero-order valence-corrected chi connectivity index (χ0v) is 23.1. The first-order chi connectivity index (χ1) is 18.6. The molecule has 4 rings (SSSR count). The summed E-state index contributed by atoms with van der Waals surface area (Å²) in [7, 11) is -7.32. The van der Waals surface area contributed by atoms with Gasteiger partial charge in [-0.25, -0.2) is 21.6 Å². The summed E-state index contributed by atoms with van der Waals surface area (Å²) in [6, 6.07) is 21.0. The lowest BCUT2D eigenvalue weighted by Gasteiger charge is -2.26. The van der Waals surface area contributed by atoms with Crippen molar-refractivity contribution in [3.05, 3.63) is 90.0 Å². The molecule has 3 aromatic carbocycles. The van der Waals surface area contributed by atoms with E-state index in [1.165, 1.54) is 40.7 Å². The smallest absolute Gasteiger partial charge is 0.258 e. The Balaban J connectivity index is 1.24. The molecule has 12 heteroatoms. The van der Waals surface area contributed by atoms with Gasteiger partial charge in [0.15, 0.2) is 6.61 Å². The Morgan fingerprint density at radius 3 is 2.15 bits per heavy atom. The Morgan fingerprint density at radius 2 is 1.51 bits per heavy atom. The second-order valence-electron chi connectivity index (χ2n) is 8.95. The van der Waals surface area contributed by atoms with Crippen molar-refractivity contribution >= 4 is 26.0 Å². The van der Waals surface area contributed by atoms with Crippen molar-refractivity contribution in [3.63, 3.8) is 0 Å². The van der Waals surface area contributed by atoms with Gasteiger partial charge >= 0.3 is 0 Å². The molecule has 0 radical (unpaired) electrons. The van der Waals surface area contributed by atoms with Crippen molar-refractivity contribution in [2.24, 2.45) is 0 Å². The second kappa shape index (κ2) is 12.7. The van der Waals surface area contributed by atoms with Crippen molar-refractivity contribution in [1.29, 1.82) is 0 Å². The van der Waals surface area contributed by atoms with Crippen molar-refractivity contribution in [3.8, 4) is 5.75 Å². The van der Waals surface area contributed by atoms with Crippen molar-refractivity contribution < 1.29 is 31.1 Å². The van der Waals surface area contributed by atoms with E-state index in [2.05, 4.69) is 10.0 Å². The zero-order valence-electron chi connectivity index (χ0n) is 21.4. The summed E-state index contributed by atoms with van der Waals surface area (Å²) >= 11 is 0. The first-order valence-electron chi connectivity index (χ1n) is 12.4. The number of carbonyl (C=O) groups is 1. The monoisotopic (exact) mass is 573 g/mol. The van der Waals surface area contributed by atoms with Gasteiger partial charge in [0, 0.05) is 25.7 Å². The third kappa shape index (κ3) is 7.64. The zero-order chi connectivity index (χ0) is 27.9. The number of amides is 1. The molecule has 0 aromatic heterocycles. The SMILES string of the molecule is C[C@@H](NS(=O)(=O)c1ccc(OCC(=O)NCc2ccc(S(=O)(=O)N3CCOCC3)cc2)cc1)c1ccccc1. The van der Waals surface area contributed by atoms with Crippen molar-refractivity contribution in [2.45, 2.75) is 29.3 Å². The standard InChI is InChI=1S/C27H31N3O7S2/c1-21(23-5-3-2-4-6-23)29-38(32,33)25-13-9-24(10-14-25)37-20-27(31)28-19-22-7-11-26(12-8-22)39(34,35)30-15-17-36-18-16-30/h2-14,21,29H,15-20H2,1H3,(H,28,31)/t21-/m1/s1. The van der Waals surface area contributed by atoms with Gasteiger partial charge in [-0.3, -0.25) is 4.79 Å². The number of sulfonamides is 2. The van der Waals surface area contributed by atoms with Gasteiger partial charge in [-0.05, 0) is 54.4 Å². The van der Waals surface area contributed by atoms with E-state index < -0.39 is 26.1 Å². The molecule has 0 aliphatic carbocycles. The molecule has 10 nitrogen and oxygen atoms in total. The average Bonchev–Trinajstić information content (AvgIpc) is 2.96. The number of nitrogens with one attached hydrogen (secondary N) is 2. The molecular weight excluding hydrogens is 542 g/mol. The van der Waals surface area contributed by atoms with Crippen LogP contribution in [-0.2, 0) is 36.1 Å². The number of hydrogen-bond acceptors (Lipinski definition) is 7. The molecular formula is C27H31N3O7S2. The van der Waals surface area contributed by atoms with E-state index in [0.29, 0.717) is 32.1 Å². The summed E-state index contributed by atoms with van der Waals surface area (Å²) < 4.78 is 65.6. The lowest BCUT2D eigenvalue weighted by atomic mass is 10.1. The molecule has 1 amide bonds. The largest absolute Gasteiger partial charge is 0.484 e. The van der Waals surface area contributed by atoms with Gasteiger partial charge in [0.05, 0.1) is 23.0 Å². The Labute approximate surface area is 229 Å². The topological polar surface area (TPSA) is 131 Å². The van der Waals surface area contributed by atoms with Crippen LogP contribution in [-0.4, -0.2) is 60.0 Å². The molecule has 0 saturated carbocycles. The second-order valence-corrected chi connectivity index (χ2v) is 12.6. The molecule has 1 atom stereocenters. The van der Waals surface area contributed by atoms with Crippen LogP contribution in [0.2, 0.25) is 0 Å². The molecule has 208 valence electrons. The van der Waals surface area contributed by atoms with Gasteiger partial charge in [0.25, 0.3) is 5.91 Å². The quantitative estimate of drug-likeness (QED) is 0.360. The number of hydrogen-bond donors (Lipinski definition) is 2. The van der Waals surface area contributed by atoms with Crippen LogP contribution < -0.4 is 14.8 Å². The lowest BCUT2D eigenvalue weighted by molar-refractivity contribution is -0.123. The predicted molar refractivity (Wildman–Crippen MR) is 145 cm³/mol. The first kappa shape index (κ1) is 28.7. The van der Waals surface area contributed by atoms with Gasteiger partial charge in [-0.2, -0.15) is 4.31 Å². The van der Waals surface area contributed by atoms with Crippen LogP contribution in [0.3, 0.4) is 0 Å². The third-order valence-corrected chi connectivity index (χ3v) is 9.63. The van der Waals surface area contributed by atoms with Crippen LogP contribution in [0.25, 0.3) is 0 Å². The highest BCUT2D eigenvalue weighted by molar-refractivity contribution is 7.89. The molecule has 39 heavy (non-hydrogen) atoms. The fraction of sp³-hybridized carbons (Fsp3) is 0.296. The van der Waals surface area contributed by atoms with Gasteiger partial charge in [0.2, 0.25) is 20.0 Å². The fourth-order valence-electron chi connectivity index (χ4n) is 3.94. The Bertz CT molecular complexity index is 1460. The van der Waals surface area contributed by atoms with Gasteiger partial charge < -0.3 is 14.8 Å². The molecule has 1 heterocycles. The molecule has 1 fully saturated rings. The number of rotatable bonds is 11. The molecule has 1 aliphatic rings. The first-order valence-corrected chi connectivity index (χ1v) is 15.3. The minimum Gasteiger partial charge on any atom is -0.484 e. The summed E-state index contributed by atoms with van der Waals surface area (Å²) in [5, 5.41) is 2.72. The van der Waals surface area contributed by atoms with Crippen LogP contribution in [0, 0.1) is 0 Å². The van der Waals surface area contributed by atoms with E-state index in [4.69, 9.17) is 9.47 Å². The van der Waals surface area contributed by atoms with E-state index in [1.807, 2.05) is 30.3 Å². The summed E-state index contributed by atoms with van der Waals surface area (Å²) in [5.41, 5.74) is 1.58. The molecule has 3 aromatic rings. The van der Waals surface area contributed by atoms with Gasteiger partial charge in [-0.1, -0.05) is 42.5 Å². The van der Waals surface area contributed by atoms with Crippen molar-refractivity contribution in [1.82, 2.24) is 14.3 Å². The maximum atomic E-state index is 12.7. The molecule has 0 unspecified atom stereocenters. The molecule has 0 spiro atoms. The van der Waals surface area contributed by atoms with E-state index in [9.17, 15) is 21.6 Å². The molecule has 1 saturated heterocycles. The minimum absolute atomic E-state index is 0.0844. The number of nitrogens with zero attached hydrogens (tertiary/aromatic N) is 1. The van der Waals surface area contributed by atoms with Gasteiger partial charge in [-0.15, -0.1) is 0 Å². The summed E-state index contributed by atoms with van der Waals surface area (Å²) in [6.45, 7) is 3.10. The van der Waals surface area contributed by atoms with E-state index in [0.717, 1.165) is 11.1 Å². The molecule has 1 aliphatic heterocycles. The fourth-order valence-corrected chi connectivity index (χ4v) is 6.58. The molecule has 0 bridgehead atoms. The van der Waals surface area contributed by atoms with Crippen molar-refractivity contribution in [2.75, 3.05) is 32.9 Å². The summed E-state index contributed by atoms with van der Waals surface area (Å²) in [5.74, 6) is -0.0343. The maximum absolute atomic E-state index is 12.7. The lowest BCUT2D eigenvalue weighted by Crippen LogP contribution is -2.40. The Kier molecular flexibility index (Phi) is 9.36. The van der Waals surface area contributed by atoms with Crippen LogP contribution in [0.15, 0.2) is 88.7 Å². The number of benzene rings is 3. The highest BCUT2D eigenvalue weighted by Crippen LogP contribution is 2.20. The number of ether oxygens (including phenoxy) is 2. The van der Waals surface area contributed by atoms with Crippen LogP contribution >= 0.6 is 0 Å². The number of carbonyl (C=O) groups excluding carboxylic acids is 1. The Morgan fingerprint density at radius 1 is 0.897 bits per heavy atom. The van der Waals surface area contributed by atoms with Crippen LogP contribution in [0.4, 0.5) is 0 Å². The number of morpholine rings is 1. The predicted octanol–water partition coefficient (Wildman–Crippen LogP) is 2.44. The Hall–Kier alpha value is -3.29. The highest BCUT2D eigenvalue weighted by atomic mass is 32.2. The van der Waals surface area contributed by atoms with E-state index >= 15 is 0 Å². The third-order valence-electron chi connectivity index (χ3n) is 6.16. The van der Waals surface area contributed by atoms with E-state index in [1.54, 1.807) is 19.1 Å². The van der Waals surface area contributed by atoms with Crippen LogP contribution in [0.5, 0.6) is 5.75 Å².